The summed E-state index contributed by atoms with van der Waals surface area (Å²) < 4.78 is 17.9. The smallest absolute Gasteiger partial charge is 0.252 e. The molecular weight excluding hydrogens is 484 g/mol. The molecule has 0 saturated heterocycles. The van der Waals surface area contributed by atoms with Crippen molar-refractivity contribution in [2.24, 2.45) is 0 Å². The Labute approximate surface area is 222 Å². The number of aryl methyl sites for hydroxylation is 1. The molecule has 202 valence electrons. The number of hydrogen-bond acceptors (Lipinski definition) is 8. The van der Waals surface area contributed by atoms with E-state index in [0.29, 0.717) is 43.3 Å². The molecule has 0 aliphatic rings. The van der Waals surface area contributed by atoms with E-state index in [2.05, 4.69) is 38.4 Å². The highest BCUT2D eigenvalue weighted by atomic mass is 16.5. The van der Waals surface area contributed by atoms with E-state index < -0.39 is 0 Å². The van der Waals surface area contributed by atoms with Crippen LogP contribution in [0.1, 0.15) is 41.9 Å². The first kappa shape index (κ1) is 27.3. The molecule has 0 unspecified atom stereocenters. The molecule has 0 spiro atoms. The predicted octanol–water partition coefficient (Wildman–Crippen LogP) is 3.68. The standard InChI is InChI=1S/C28H36N6O4/c1-6-24(27-30-31-32-34(27)13-14-36-3)33(12-11-20-8-10-25(37-4)26(16-20)38-5)18-22-17-21-9-7-19(2)15-23(21)29-28(22)35/h7-10,15-17,24H,6,11-14,18H2,1-5H3,(H,29,35)/t24-/m0/s1. The molecule has 0 aliphatic carbocycles. The molecule has 0 radical (unpaired) electrons. The summed E-state index contributed by atoms with van der Waals surface area (Å²) in [5.41, 5.74) is 3.65. The van der Waals surface area contributed by atoms with E-state index in [-0.39, 0.29) is 11.6 Å². The summed E-state index contributed by atoms with van der Waals surface area (Å²) in [5, 5.41) is 13.5. The second-order valence-electron chi connectivity index (χ2n) is 9.30. The minimum atomic E-state index is -0.102. The van der Waals surface area contributed by atoms with Crippen LogP contribution in [0.15, 0.2) is 47.3 Å². The van der Waals surface area contributed by atoms with Crippen LogP contribution in [0, 0.1) is 6.92 Å². The number of nitrogens with one attached hydrogen (secondary N) is 1. The number of nitrogens with zero attached hydrogens (tertiary/aromatic N) is 5. The second-order valence-corrected chi connectivity index (χ2v) is 9.30. The van der Waals surface area contributed by atoms with E-state index >= 15 is 0 Å². The molecule has 4 rings (SSSR count). The van der Waals surface area contributed by atoms with Crippen LogP contribution >= 0.6 is 0 Å². The Morgan fingerprint density at radius 3 is 2.61 bits per heavy atom. The average Bonchev–Trinajstić information content (AvgIpc) is 3.39. The zero-order chi connectivity index (χ0) is 27.1. The van der Waals surface area contributed by atoms with Gasteiger partial charge in [0.05, 0.1) is 33.4 Å². The fourth-order valence-corrected chi connectivity index (χ4v) is 4.74. The monoisotopic (exact) mass is 520 g/mol. The van der Waals surface area contributed by atoms with Gasteiger partial charge >= 0.3 is 0 Å². The number of rotatable bonds is 13. The molecule has 0 bridgehead atoms. The van der Waals surface area contributed by atoms with Crippen molar-refractivity contribution < 1.29 is 14.2 Å². The number of methoxy groups -OCH3 is 3. The first-order valence-corrected chi connectivity index (χ1v) is 12.8. The van der Waals surface area contributed by atoms with Crippen molar-refractivity contribution in [3.8, 4) is 11.5 Å². The molecule has 0 amide bonds. The number of H-pyrrole nitrogens is 1. The Hall–Kier alpha value is -3.76. The number of fused-ring (bicyclic) bond motifs is 1. The van der Waals surface area contributed by atoms with Crippen LogP contribution in [0.3, 0.4) is 0 Å². The van der Waals surface area contributed by atoms with Gasteiger partial charge in [-0.1, -0.05) is 25.1 Å². The largest absolute Gasteiger partial charge is 0.493 e. The van der Waals surface area contributed by atoms with Crippen molar-refractivity contribution >= 4 is 10.9 Å². The fraction of sp³-hybridized carbons (Fsp3) is 0.429. The highest BCUT2D eigenvalue weighted by Gasteiger charge is 2.26. The molecule has 10 heteroatoms. The molecule has 1 atom stereocenters. The summed E-state index contributed by atoms with van der Waals surface area (Å²) in [5.74, 6) is 2.13. The third kappa shape index (κ3) is 6.20. The molecule has 2 aromatic heterocycles. The average molecular weight is 521 g/mol. The van der Waals surface area contributed by atoms with E-state index in [1.54, 1.807) is 26.0 Å². The summed E-state index contributed by atoms with van der Waals surface area (Å²) in [7, 11) is 4.92. The number of hydrogen-bond donors (Lipinski definition) is 1. The summed E-state index contributed by atoms with van der Waals surface area (Å²) in [6.07, 6.45) is 1.51. The van der Waals surface area contributed by atoms with Crippen molar-refractivity contribution in [1.82, 2.24) is 30.1 Å². The number of pyridine rings is 1. The maximum Gasteiger partial charge on any atom is 0.252 e. The van der Waals surface area contributed by atoms with Crippen molar-refractivity contribution in [3.63, 3.8) is 0 Å². The number of aromatic amines is 1. The summed E-state index contributed by atoms with van der Waals surface area (Å²) in [4.78, 5) is 18.5. The number of aromatic nitrogens is 5. The molecule has 0 fully saturated rings. The Bertz CT molecular complexity index is 1420. The molecule has 2 aromatic carbocycles. The highest BCUT2D eigenvalue weighted by Crippen LogP contribution is 2.29. The van der Waals surface area contributed by atoms with Crippen molar-refractivity contribution in [1.29, 1.82) is 0 Å². The van der Waals surface area contributed by atoms with E-state index in [4.69, 9.17) is 14.2 Å². The molecule has 1 N–H and O–H groups in total. The number of ether oxygens (including phenoxy) is 3. The normalized spacial score (nSPS) is 12.3. The van der Waals surface area contributed by atoms with Crippen LogP contribution < -0.4 is 15.0 Å². The second kappa shape index (κ2) is 12.7. The lowest BCUT2D eigenvalue weighted by molar-refractivity contribution is 0.158. The number of tetrazole rings is 1. The molecule has 4 aromatic rings. The zero-order valence-electron chi connectivity index (χ0n) is 22.7. The van der Waals surface area contributed by atoms with Gasteiger partial charge < -0.3 is 19.2 Å². The summed E-state index contributed by atoms with van der Waals surface area (Å²) in [6, 6.07) is 13.9. The van der Waals surface area contributed by atoms with Gasteiger partial charge in [0, 0.05) is 31.3 Å². The zero-order valence-corrected chi connectivity index (χ0v) is 22.7. The molecular formula is C28H36N6O4. The van der Waals surface area contributed by atoms with Crippen LogP contribution in [0.4, 0.5) is 0 Å². The van der Waals surface area contributed by atoms with E-state index in [9.17, 15) is 4.79 Å². The van der Waals surface area contributed by atoms with Gasteiger partial charge in [-0.2, -0.15) is 0 Å². The lowest BCUT2D eigenvalue weighted by atomic mass is 10.1. The van der Waals surface area contributed by atoms with Gasteiger partial charge in [0.25, 0.3) is 5.56 Å². The van der Waals surface area contributed by atoms with Crippen LogP contribution in [0.2, 0.25) is 0 Å². The van der Waals surface area contributed by atoms with Gasteiger partial charge in [-0.25, -0.2) is 4.68 Å². The molecule has 10 nitrogen and oxygen atoms in total. The lowest BCUT2D eigenvalue weighted by Gasteiger charge is -2.30. The first-order valence-electron chi connectivity index (χ1n) is 12.8. The Morgan fingerprint density at radius 1 is 1.05 bits per heavy atom. The van der Waals surface area contributed by atoms with Gasteiger partial charge in [-0.3, -0.25) is 9.69 Å². The van der Waals surface area contributed by atoms with Gasteiger partial charge in [0.1, 0.15) is 0 Å². The topological polar surface area (TPSA) is 107 Å². The molecule has 0 aliphatic heterocycles. The Balaban J connectivity index is 1.67. The van der Waals surface area contributed by atoms with Crippen molar-refractivity contribution in [2.45, 2.75) is 45.8 Å². The third-order valence-electron chi connectivity index (χ3n) is 6.78. The third-order valence-corrected chi connectivity index (χ3v) is 6.78. The summed E-state index contributed by atoms with van der Waals surface area (Å²) in [6.45, 7) is 6.30. The van der Waals surface area contributed by atoms with E-state index in [0.717, 1.165) is 40.7 Å². The van der Waals surface area contributed by atoms with Crippen molar-refractivity contribution in [3.05, 3.63) is 75.3 Å². The maximum atomic E-state index is 13.1. The van der Waals surface area contributed by atoms with Crippen LogP contribution in [0.5, 0.6) is 11.5 Å². The Kier molecular flexibility index (Phi) is 9.09. The molecule has 38 heavy (non-hydrogen) atoms. The maximum absolute atomic E-state index is 13.1. The van der Waals surface area contributed by atoms with Crippen LogP contribution in [-0.2, 0) is 24.2 Å². The van der Waals surface area contributed by atoms with Crippen LogP contribution in [-0.4, -0.2) is 64.6 Å². The predicted molar refractivity (Wildman–Crippen MR) is 146 cm³/mol. The minimum absolute atomic E-state index is 0.0898. The van der Waals surface area contributed by atoms with E-state index in [1.165, 1.54) is 0 Å². The SMILES string of the molecule is CC[C@@H](c1nnnn1CCOC)N(CCc1ccc(OC)c(OC)c1)Cc1cc2ccc(C)cc2[nH]c1=O. The van der Waals surface area contributed by atoms with Gasteiger partial charge in [0.15, 0.2) is 17.3 Å². The van der Waals surface area contributed by atoms with Gasteiger partial charge in [-0.15, -0.1) is 5.10 Å². The molecule has 2 heterocycles. The van der Waals surface area contributed by atoms with E-state index in [1.807, 2.05) is 43.3 Å². The molecule has 0 saturated carbocycles. The van der Waals surface area contributed by atoms with Gasteiger partial charge in [-0.05, 0) is 71.0 Å². The minimum Gasteiger partial charge on any atom is -0.493 e. The quantitative estimate of drug-likeness (QED) is 0.285. The van der Waals surface area contributed by atoms with Crippen molar-refractivity contribution in [2.75, 3.05) is 34.5 Å². The lowest BCUT2D eigenvalue weighted by Crippen LogP contribution is -2.34. The number of benzene rings is 2. The first-order chi connectivity index (χ1) is 18.5. The fourth-order valence-electron chi connectivity index (χ4n) is 4.74. The Morgan fingerprint density at radius 2 is 1.87 bits per heavy atom. The van der Waals surface area contributed by atoms with Crippen LogP contribution in [0.25, 0.3) is 10.9 Å². The highest BCUT2D eigenvalue weighted by molar-refractivity contribution is 5.79. The van der Waals surface area contributed by atoms with Gasteiger partial charge in [0.2, 0.25) is 0 Å². The summed E-state index contributed by atoms with van der Waals surface area (Å²) >= 11 is 0.